The zero-order valence-electron chi connectivity index (χ0n) is 14.6. The van der Waals surface area contributed by atoms with Gasteiger partial charge in [-0.2, -0.15) is 0 Å². The molecule has 0 bridgehead atoms. The van der Waals surface area contributed by atoms with Gasteiger partial charge in [0.05, 0.1) is 5.60 Å². The molecule has 2 rings (SSSR count). The van der Waals surface area contributed by atoms with E-state index in [0.29, 0.717) is 19.3 Å². The van der Waals surface area contributed by atoms with Gasteiger partial charge in [-0.15, -0.1) is 0 Å². The quantitative estimate of drug-likeness (QED) is 0.847. The van der Waals surface area contributed by atoms with E-state index in [-0.39, 0.29) is 22.9 Å². The molecule has 0 spiro atoms. The molecule has 1 aromatic heterocycles. The van der Waals surface area contributed by atoms with Gasteiger partial charge >= 0.3 is 0 Å². The third kappa shape index (κ3) is 3.86. The van der Waals surface area contributed by atoms with Crippen molar-refractivity contribution in [2.45, 2.75) is 63.9 Å². The number of hydrogen-bond donors (Lipinski definition) is 1. The highest BCUT2D eigenvalue weighted by atomic mass is 16.3. The van der Waals surface area contributed by atoms with Gasteiger partial charge in [0.25, 0.3) is 0 Å². The van der Waals surface area contributed by atoms with Gasteiger partial charge in [-0.3, -0.25) is 4.79 Å². The lowest BCUT2D eigenvalue weighted by atomic mass is 9.58. The number of carbonyl (C=O) groups is 2. The Hall–Kier alpha value is -1.55. The van der Waals surface area contributed by atoms with Crippen molar-refractivity contribution < 1.29 is 19.3 Å². The highest BCUT2D eigenvalue weighted by Gasteiger charge is 2.48. The first-order chi connectivity index (χ1) is 10.7. The summed E-state index contributed by atoms with van der Waals surface area (Å²) in [5.41, 5.74) is 0.00219. The Kier molecular flexibility index (Phi) is 5.04. The molecule has 3 atom stereocenters. The van der Waals surface area contributed by atoms with E-state index < -0.39 is 5.60 Å². The van der Waals surface area contributed by atoms with Crippen molar-refractivity contribution in [3.8, 4) is 0 Å². The minimum atomic E-state index is -0.953. The van der Waals surface area contributed by atoms with E-state index in [2.05, 4.69) is 12.1 Å². The van der Waals surface area contributed by atoms with E-state index in [1.165, 1.54) is 5.56 Å². The first-order valence-corrected chi connectivity index (χ1v) is 8.34. The van der Waals surface area contributed by atoms with Crippen LogP contribution in [0.1, 0.15) is 58.4 Å². The number of carbonyl (C=O) groups excluding carboxylic acids is 2. The fourth-order valence-electron chi connectivity index (χ4n) is 3.86. The number of rotatable bonds is 5. The predicted octanol–water partition coefficient (Wildman–Crippen LogP) is 2.26. The molecule has 1 N–H and O–H groups in total. The summed E-state index contributed by atoms with van der Waals surface area (Å²) in [6, 6.07) is 4.16. The predicted molar refractivity (Wildman–Crippen MR) is 87.9 cm³/mol. The third-order valence-corrected chi connectivity index (χ3v) is 5.49. The van der Waals surface area contributed by atoms with Crippen LogP contribution in [0.3, 0.4) is 0 Å². The second kappa shape index (κ2) is 6.52. The summed E-state index contributed by atoms with van der Waals surface area (Å²) in [6.45, 7) is 4.93. The van der Waals surface area contributed by atoms with Crippen molar-refractivity contribution in [2.75, 3.05) is 0 Å². The molecule has 0 aromatic carbocycles. The minimum Gasteiger partial charge on any atom is -0.389 e. The lowest BCUT2D eigenvalue weighted by Gasteiger charge is -2.47. The maximum absolute atomic E-state index is 12.1. The smallest absolute Gasteiger partial charge is 0.168 e. The SMILES string of the molecule is CC(=O)CC[C@]1(c2cc[n+](C)cc2)CC[C@@](C)(O)[C@H](C(C)=O)C1. The summed E-state index contributed by atoms with van der Waals surface area (Å²) >= 11 is 0. The lowest BCUT2D eigenvalue weighted by molar-refractivity contribution is -0.671. The van der Waals surface area contributed by atoms with Crippen molar-refractivity contribution in [1.29, 1.82) is 0 Å². The highest BCUT2D eigenvalue weighted by Crippen LogP contribution is 2.49. The summed E-state index contributed by atoms with van der Waals surface area (Å²) in [4.78, 5) is 23.6. The summed E-state index contributed by atoms with van der Waals surface area (Å²) < 4.78 is 1.98. The number of ketones is 2. The summed E-state index contributed by atoms with van der Waals surface area (Å²) in [7, 11) is 1.97. The van der Waals surface area contributed by atoms with Gasteiger partial charge < -0.3 is 9.90 Å². The maximum atomic E-state index is 12.1. The second-order valence-corrected chi connectivity index (χ2v) is 7.46. The number of pyridine rings is 1. The minimum absolute atomic E-state index is 0.0309. The van der Waals surface area contributed by atoms with Gasteiger partial charge in [-0.25, -0.2) is 4.57 Å². The Morgan fingerprint density at radius 1 is 1.26 bits per heavy atom. The zero-order valence-corrected chi connectivity index (χ0v) is 14.6. The van der Waals surface area contributed by atoms with E-state index in [9.17, 15) is 14.7 Å². The molecule has 126 valence electrons. The van der Waals surface area contributed by atoms with Crippen molar-refractivity contribution >= 4 is 11.6 Å². The Morgan fingerprint density at radius 3 is 2.39 bits per heavy atom. The van der Waals surface area contributed by atoms with E-state index in [4.69, 9.17) is 0 Å². The Labute approximate surface area is 138 Å². The van der Waals surface area contributed by atoms with Crippen LogP contribution in [-0.4, -0.2) is 22.3 Å². The number of Topliss-reactive ketones (excluding diaryl/α,β-unsaturated/α-hetero) is 2. The molecule has 1 aliphatic carbocycles. The molecule has 1 aliphatic rings. The fraction of sp³-hybridized carbons (Fsp3) is 0.632. The third-order valence-electron chi connectivity index (χ3n) is 5.49. The molecule has 23 heavy (non-hydrogen) atoms. The first-order valence-electron chi connectivity index (χ1n) is 8.34. The zero-order chi connectivity index (χ0) is 17.3. The van der Waals surface area contributed by atoms with Crippen molar-refractivity contribution in [2.24, 2.45) is 13.0 Å². The van der Waals surface area contributed by atoms with Crippen LogP contribution in [0.15, 0.2) is 24.5 Å². The topological polar surface area (TPSA) is 58.2 Å². The molecule has 1 saturated carbocycles. The van der Waals surface area contributed by atoms with Crippen molar-refractivity contribution in [3.63, 3.8) is 0 Å². The highest BCUT2D eigenvalue weighted by molar-refractivity contribution is 5.80. The van der Waals surface area contributed by atoms with E-state index in [1.807, 2.05) is 24.0 Å². The summed E-state index contributed by atoms with van der Waals surface area (Å²) in [5, 5.41) is 10.6. The second-order valence-electron chi connectivity index (χ2n) is 7.46. The number of aliphatic hydroxyl groups is 1. The Morgan fingerprint density at radius 2 is 1.87 bits per heavy atom. The van der Waals surface area contributed by atoms with Crippen LogP contribution in [0.25, 0.3) is 0 Å². The van der Waals surface area contributed by atoms with Crippen LogP contribution < -0.4 is 4.57 Å². The Bertz CT molecular complexity index is 591. The van der Waals surface area contributed by atoms with E-state index >= 15 is 0 Å². The number of aromatic nitrogens is 1. The number of hydrogen-bond acceptors (Lipinski definition) is 3. The molecular weight excluding hydrogens is 290 g/mol. The average Bonchev–Trinajstić information content (AvgIpc) is 2.47. The average molecular weight is 318 g/mol. The largest absolute Gasteiger partial charge is 0.389 e. The Balaban J connectivity index is 2.40. The lowest BCUT2D eigenvalue weighted by Crippen LogP contribution is -2.49. The standard InChI is InChI=1S/C19H28NO3/c1-14(21)5-8-19(16-6-11-20(4)12-7-16)10-9-18(3,23)17(13-19)15(2)22/h6-7,11-12,17,23H,5,8-10,13H2,1-4H3/q+1/t17-,18+,19-/m0/s1. The molecule has 0 radical (unpaired) electrons. The maximum Gasteiger partial charge on any atom is 0.168 e. The molecule has 1 heterocycles. The molecule has 4 heteroatoms. The summed E-state index contributed by atoms with van der Waals surface area (Å²) in [6.07, 6.45) is 7.22. The normalized spacial score (nSPS) is 30.9. The van der Waals surface area contributed by atoms with Crippen LogP contribution in [0.5, 0.6) is 0 Å². The molecule has 0 unspecified atom stereocenters. The van der Waals surface area contributed by atoms with Crippen LogP contribution in [0.2, 0.25) is 0 Å². The van der Waals surface area contributed by atoms with Gasteiger partial charge in [-0.1, -0.05) is 0 Å². The molecular formula is C19H28NO3+. The van der Waals surface area contributed by atoms with Crippen LogP contribution in [0, 0.1) is 5.92 Å². The number of aryl methyl sites for hydroxylation is 1. The van der Waals surface area contributed by atoms with Gasteiger partial charge in [-0.05, 0) is 57.4 Å². The van der Waals surface area contributed by atoms with Crippen LogP contribution >= 0.6 is 0 Å². The fourth-order valence-corrected chi connectivity index (χ4v) is 3.86. The van der Waals surface area contributed by atoms with Crippen LogP contribution in [0.4, 0.5) is 0 Å². The molecule has 1 fully saturated rings. The van der Waals surface area contributed by atoms with Crippen molar-refractivity contribution in [3.05, 3.63) is 30.1 Å². The van der Waals surface area contributed by atoms with E-state index in [1.54, 1.807) is 20.8 Å². The van der Waals surface area contributed by atoms with Gasteiger partial charge in [0.1, 0.15) is 18.6 Å². The molecule has 0 saturated heterocycles. The molecule has 0 aliphatic heterocycles. The molecule has 1 aromatic rings. The monoisotopic (exact) mass is 318 g/mol. The molecule has 0 amide bonds. The first kappa shape index (κ1) is 17.8. The van der Waals surface area contributed by atoms with E-state index in [0.717, 1.165) is 12.8 Å². The number of nitrogens with zero attached hydrogens (tertiary/aromatic N) is 1. The van der Waals surface area contributed by atoms with Crippen LogP contribution in [-0.2, 0) is 22.1 Å². The van der Waals surface area contributed by atoms with Gasteiger partial charge in [0.2, 0.25) is 0 Å². The summed E-state index contributed by atoms with van der Waals surface area (Å²) in [5.74, 6) is -0.178. The molecule has 4 nitrogen and oxygen atoms in total. The van der Waals surface area contributed by atoms with Gasteiger partial charge in [0, 0.05) is 24.5 Å². The van der Waals surface area contributed by atoms with Gasteiger partial charge in [0.15, 0.2) is 12.4 Å². The van der Waals surface area contributed by atoms with Crippen molar-refractivity contribution in [1.82, 2.24) is 0 Å².